The summed E-state index contributed by atoms with van der Waals surface area (Å²) in [6.07, 6.45) is -4.55. The van der Waals surface area contributed by atoms with Crippen LogP contribution in [-0.2, 0) is 16.2 Å². The van der Waals surface area contributed by atoms with Crippen molar-refractivity contribution in [2.24, 2.45) is 0 Å². The molecule has 1 heterocycles. The molecule has 1 aromatic rings. The van der Waals surface area contributed by atoms with E-state index in [1.807, 2.05) is 0 Å². The van der Waals surface area contributed by atoms with Crippen molar-refractivity contribution in [1.29, 1.82) is 0 Å². The Morgan fingerprint density at radius 1 is 1.15 bits per heavy atom. The Kier molecular flexibility index (Phi) is 5.42. The number of hydrogen-bond donors (Lipinski definition) is 1. The highest BCUT2D eigenvalue weighted by molar-refractivity contribution is 7.89. The van der Waals surface area contributed by atoms with Crippen molar-refractivity contribution in [3.63, 3.8) is 0 Å². The van der Waals surface area contributed by atoms with E-state index in [0.717, 1.165) is 12.1 Å². The van der Waals surface area contributed by atoms with E-state index in [1.54, 1.807) is 0 Å². The molecule has 9 heteroatoms. The molecule has 1 N–H and O–H groups in total. The fourth-order valence-electron chi connectivity index (χ4n) is 1.87. The molecule has 0 bridgehead atoms. The quantitative estimate of drug-likeness (QED) is 0.898. The van der Waals surface area contributed by atoms with Gasteiger partial charge in [-0.15, -0.1) is 12.4 Å². The van der Waals surface area contributed by atoms with E-state index in [9.17, 15) is 21.6 Å². The Bertz CT molecular complexity index is 557. The van der Waals surface area contributed by atoms with Gasteiger partial charge in [0.2, 0.25) is 10.0 Å². The van der Waals surface area contributed by atoms with Gasteiger partial charge in [0.25, 0.3) is 0 Å². The monoisotopic (exact) mass is 330 g/mol. The average Bonchev–Trinajstić information content (AvgIpc) is 2.39. The van der Waals surface area contributed by atoms with Crippen molar-refractivity contribution in [2.45, 2.75) is 11.1 Å². The van der Waals surface area contributed by atoms with Crippen LogP contribution in [-0.4, -0.2) is 38.9 Å². The summed E-state index contributed by atoms with van der Waals surface area (Å²) in [5.41, 5.74) is -0.955. The van der Waals surface area contributed by atoms with Crippen LogP contribution in [0.15, 0.2) is 29.2 Å². The Morgan fingerprint density at radius 3 is 2.30 bits per heavy atom. The van der Waals surface area contributed by atoms with Crippen LogP contribution in [0.5, 0.6) is 0 Å². The number of alkyl halides is 3. The molecule has 1 aliphatic rings. The summed E-state index contributed by atoms with van der Waals surface area (Å²) < 4.78 is 63.3. The topological polar surface area (TPSA) is 49.4 Å². The molecule has 0 saturated carbocycles. The van der Waals surface area contributed by atoms with E-state index in [2.05, 4.69) is 5.32 Å². The Hall–Kier alpha value is -0.830. The normalized spacial score (nSPS) is 17.6. The van der Waals surface area contributed by atoms with Gasteiger partial charge in [-0.25, -0.2) is 8.42 Å². The van der Waals surface area contributed by atoms with Gasteiger partial charge in [-0.1, -0.05) is 6.07 Å². The second kappa shape index (κ2) is 6.30. The summed E-state index contributed by atoms with van der Waals surface area (Å²) in [6, 6.07) is 3.83. The lowest BCUT2D eigenvalue weighted by atomic mass is 10.2. The number of rotatable bonds is 2. The smallest absolute Gasteiger partial charge is 0.314 e. The minimum atomic E-state index is -4.55. The molecule has 1 aliphatic heterocycles. The molecule has 0 spiro atoms. The molecule has 20 heavy (non-hydrogen) atoms. The van der Waals surface area contributed by atoms with Gasteiger partial charge in [0.05, 0.1) is 10.5 Å². The van der Waals surface area contributed by atoms with E-state index in [1.165, 1.54) is 10.4 Å². The fourth-order valence-corrected chi connectivity index (χ4v) is 3.35. The zero-order valence-electron chi connectivity index (χ0n) is 10.4. The Balaban J connectivity index is 0.00000200. The third-order valence-corrected chi connectivity index (χ3v) is 4.77. The highest BCUT2D eigenvalue weighted by Gasteiger charge is 2.33. The first kappa shape index (κ1) is 17.2. The van der Waals surface area contributed by atoms with Crippen LogP contribution in [0.1, 0.15) is 5.56 Å². The van der Waals surface area contributed by atoms with Gasteiger partial charge < -0.3 is 5.32 Å². The lowest BCUT2D eigenvalue weighted by molar-refractivity contribution is -0.137. The molecule has 2 rings (SSSR count). The summed E-state index contributed by atoms with van der Waals surface area (Å²) in [6.45, 7) is 1.52. The molecule has 0 atom stereocenters. The molecule has 0 radical (unpaired) electrons. The summed E-state index contributed by atoms with van der Waals surface area (Å²) in [5.74, 6) is 0. The number of piperazine rings is 1. The van der Waals surface area contributed by atoms with Crippen LogP contribution in [0, 0.1) is 0 Å². The van der Waals surface area contributed by atoms with Crippen LogP contribution in [0.3, 0.4) is 0 Å². The number of halogens is 4. The number of nitrogens with one attached hydrogen (secondary N) is 1. The van der Waals surface area contributed by atoms with Gasteiger partial charge in [-0.05, 0) is 18.2 Å². The maximum atomic E-state index is 12.6. The molecule has 0 amide bonds. The van der Waals surface area contributed by atoms with Crippen molar-refractivity contribution in [3.8, 4) is 0 Å². The summed E-state index contributed by atoms with van der Waals surface area (Å²) in [5, 5.41) is 2.99. The maximum absolute atomic E-state index is 12.6. The van der Waals surface area contributed by atoms with Crippen molar-refractivity contribution < 1.29 is 21.6 Å². The molecular formula is C11H14ClF3N2O2S. The molecule has 1 fully saturated rings. The predicted molar refractivity (Wildman–Crippen MR) is 70.3 cm³/mol. The van der Waals surface area contributed by atoms with E-state index in [4.69, 9.17) is 0 Å². The van der Waals surface area contributed by atoms with Crippen molar-refractivity contribution in [3.05, 3.63) is 29.8 Å². The van der Waals surface area contributed by atoms with Crippen LogP contribution >= 0.6 is 12.4 Å². The molecule has 1 aromatic carbocycles. The van der Waals surface area contributed by atoms with Gasteiger partial charge in [0, 0.05) is 26.2 Å². The summed E-state index contributed by atoms with van der Waals surface area (Å²) >= 11 is 0. The lowest BCUT2D eigenvalue weighted by Gasteiger charge is -2.26. The second-order valence-corrected chi connectivity index (χ2v) is 6.12. The van der Waals surface area contributed by atoms with Crippen molar-refractivity contribution in [1.82, 2.24) is 9.62 Å². The van der Waals surface area contributed by atoms with E-state index >= 15 is 0 Å². The van der Waals surface area contributed by atoms with Gasteiger partial charge in [-0.2, -0.15) is 17.5 Å². The van der Waals surface area contributed by atoms with Crippen molar-refractivity contribution >= 4 is 22.4 Å². The summed E-state index contributed by atoms with van der Waals surface area (Å²) in [4.78, 5) is -0.316. The van der Waals surface area contributed by atoms with Crippen LogP contribution in [0.25, 0.3) is 0 Å². The van der Waals surface area contributed by atoms with Gasteiger partial charge in [-0.3, -0.25) is 0 Å². The number of sulfonamides is 1. The van der Waals surface area contributed by atoms with Crippen LogP contribution < -0.4 is 5.32 Å². The second-order valence-electron chi connectivity index (χ2n) is 4.18. The lowest BCUT2D eigenvalue weighted by Crippen LogP contribution is -2.46. The highest BCUT2D eigenvalue weighted by atomic mass is 35.5. The van der Waals surface area contributed by atoms with E-state index in [-0.39, 0.29) is 30.4 Å². The van der Waals surface area contributed by atoms with Crippen LogP contribution in [0.4, 0.5) is 13.2 Å². The van der Waals surface area contributed by atoms with Gasteiger partial charge in [0.1, 0.15) is 0 Å². The molecule has 0 aromatic heterocycles. The maximum Gasteiger partial charge on any atom is 0.416 e. The van der Waals surface area contributed by atoms with Gasteiger partial charge >= 0.3 is 6.18 Å². The number of nitrogens with zero attached hydrogens (tertiary/aromatic N) is 1. The number of benzene rings is 1. The number of hydrogen-bond acceptors (Lipinski definition) is 3. The third-order valence-electron chi connectivity index (χ3n) is 2.88. The average molecular weight is 331 g/mol. The first-order valence-corrected chi connectivity index (χ1v) is 7.14. The van der Waals surface area contributed by atoms with E-state index < -0.39 is 21.8 Å². The fraction of sp³-hybridized carbons (Fsp3) is 0.455. The SMILES string of the molecule is Cl.O=S(=O)(c1cccc(C(F)(F)F)c1)N1CCNCC1. The highest BCUT2D eigenvalue weighted by Crippen LogP contribution is 2.31. The molecule has 0 unspecified atom stereocenters. The summed E-state index contributed by atoms with van der Waals surface area (Å²) in [7, 11) is -3.85. The minimum Gasteiger partial charge on any atom is -0.314 e. The zero-order valence-corrected chi connectivity index (χ0v) is 12.0. The predicted octanol–water partition coefficient (Wildman–Crippen LogP) is 1.72. The molecule has 1 saturated heterocycles. The van der Waals surface area contributed by atoms with Crippen molar-refractivity contribution in [2.75, 3.05) is 26.2 Å². The van der Waals surface area contributed by atoms with Gasteiger partial charge in [0.15, 0.2) is 0 Å². The minimum absolute atomic E-state index is 0. The zero-order chi connectivity index (χ0) is 14.1. The third kappa shape index (κ3) is 3.63. The Labute approximate surface area is 121 Å². The van der Waals surface area contributed by atoms with Crippen LogP contribution in [0.2, 0.25) is 0 Å². The molecule has 4 nitrogen and oxygen atoms in total. The molecular weight excluding hydrogens is 317 g/mol. The van der Waals surface area contributed by atoms with E-state index in [0.29, 0.717) is 19.2 Å². The largest absolute Gasteiger partial charge is 0.416 e. The molecule has 0 aliphatic carbocycles. The first-order chi connectivity index (χ1) is 8.82. The Morgan fingerprint density at radius 2 is 1.75 bits per heavy atom. The first-order valence-electron chi connectivity index (χ1n) is 5.70. The standard InChI is InChI=1S/C11H13F3N2O2S.ClH/c12-11(13,14)9-2-1-3-10(8-9)19(17,18)16-6-4-15-5-7-16;/h1-3,8,15H,4-7H2;1H. The molecule has 114 valence electrons.